The third-order valence-electron chi connectivity index (χ3n) is 5.33. The van der Waals surface area contributed by atoms with Gasteiger partial charge < -0.3 is 10.2 Å². The number of halogens is 1. The molecule has 1 amide bonds. The highest BCUT2D eigenvalue weighted by Gasteiger charge is 2.28. The highest BCUT2D eigenvalue weighted by molar-refractivity contribution is 7.09. The fraction of sp³-hybridized carbons (Fsp3) is 0.571. The van der Waals surface area contributed by atoms with E-state index in [0.29, 0.717) is 11.8 Å². The lowest BCUT2D eigenvalue weighted by molar-refractivity contribution is -0.128. The molecule has 152 valence electrons. The van der Waals surface area contributed by atoms with Gasteiger partial charge in [0.25, 0.3) is 0 Å². The molecule has 5 nitrogen and oxygen atoms in total. The predicted octanol–water partition coefficient (Wildman–Crippen LogP) is 4.03. The zero-order valence-corrected chi connectivity index (χ0v) is 18.4. The lowest BCUT2D eigenvalue weighted by atomic mass is 9.93. The number of aryl methyl sites for hydroxylation is 1. The van der Waals surface area contributed by atoms with E-state index in [2.05, 4.69) is 45.8 Å². The molecule has 28 heavy (non-hydrogen) atoms. The number of carbonyl (C=O) groups is 1. The van der Waals surface area contributed by atoms with Gasteiger partial charge in [0.1, 0.15) is 5.82 Å². The quantitative estimate of drug-likeness (QED) is 0.687. The van der Waals surface area contributed by atoms with Crippen LogP contribution in [0, 0.1) is 18.3 Å². The molecule has 1 N–H and O–H groups in total. The van der Waals surface area contributed by atoms with Crippen molar-refractivity contribution in [1.82, 2.24) is 14.7 Å². The van der Waals surface area contributed by atoms with Gasteiger partial charge in [0, 0.05) is 43.5 Å². The fourth-order valence-corrected chi connectivity index (χ4v) is 4.06. The van der Waals surface area contributed by atoms with Crippen LogP contribution in [0.1, 0.15) is 43.6 Å². The van der Waals surface area contributed by atoms with Crippen molar-refractivity contribution in [2.75, 3.05) is 30.4 Å². The van der Waals surface area contributed by atoms with Crippen molar-refractivity contribution >= 4 is 34.2 Å². The van der Waals surface area contributed by atoms with Crippen LogP contribution in [-0.2, 0) is 11.2 Å². The Morgan fingerprint density at radius 1 is 1.29 bits per heavy atom. The number of aromatic nitrogens is 2. The van der Waals surface area contributed by atoms with Crippen LogP contribution < -0.4 is 10.2 Å². The van der Waals surface area contributed by atoms with Gasteiger partial charge in [0.15, 0.2) is 0 Å². The molecule has 0 aliphatic carbocycles. The second-order valence-electron chi connectivity index (χ2n) is 8.31. The monoisotopic (exact) mass is 420 g/mol. The van der Waals surface area contributed by atoms with E-state index < -0.39 is 5.41 Å². The van der Waals surface area contributed by atoms with Crippen LogP contribution in [-0.4, -0.2) is 40.8 Å². The van der Waals surface area contributed by atoms with E-state index in [4.69, 9.17) is 16.6 Å². The molecule has 0 atom stereocenters. The van der Waals surface area contributed by atoms with E-state index in [9.17, 15) is 4.79 Å². The first-order valence-electron chi connectivity index (χ1n) is 9.85. The number of hydrogen-bond donors (Lipinski definition) is 1. The SMILES string of the molecule is Cc1ccc(Cc2nsc(N3CCC(CNC(=O)C(C)(C)CCl)CC3)n2)cc1. The molecule has 1 aromatic heterocycles. The van der Waals surface area contributed by atoms with Gasteiger partial charge in [-0.1, -0.05) is 29.8 Å². The molecule has 1 fully saturated rings. The molecule has 2 heterocycles. The minimum absolute atomic E-state index is 0.0369. The number of amides is 1. The maximum absolute atomic E-state index is 12.2. The van der Waals surface area contributed by atoms with Crippen LogP contribution >= 0.6 is 23.1 Å². The number of anilines is 1. The van der Waals surface area contributed by atoms with E-state index in [1.165, 1.54) is 22.7 Å². The Kier molecular flexibility index (Phi) is 6.94. The number of rotatable bonds is 7. The molecule has 7 heteroatoms. The Labute approximate surface area is 176 Å². The van der Waals surface area contributed by atoms with Crippen LogP contribution in [0.2, 0.25) is 0 Å². The summed E-state index contributed by atoms with van der Waals surface area (Å²) in [4.78, 5) is 19.2. The molecule has 0 bridgehead atoms. The zero-order chi connectivity index (χ0) is 20.1. The zero-order valence-electron chi connectivity index (χ0n) is 16.9. The predicted molar refractivity (Wildman–Crippen MR) is 116 cm³/mol. The third-order valence-corrected chi connectivity index (χ3v) is 6.81. The molecule has 0 saturated carbocycles. The number of alkyl halides is 1. The van der Waals surface area contributed by atoms with Gasteiger partial charge in [0.05, 0.1) is 5.41 Å². The lowest BCUT2D eigenvalue weighted by Crippen LogP contribution is -2.43. The van der Waals surface area contributed by atoms with Gasteiger partial charge in [-0.3, -0.25) is 4.79 Å². The number of benzene rings is 1. The highest BCUT2D eigenvalue weighted by Crippen LogP contribution is 2.25. The molecule has 1 saturated heterocycles. The number of nitrogens with one attached hydrogen (secondary N) is 1. The van der Waals surface area contributed by atoms with Gasteiger partial charge in [0.2, 0.25) is 11.0 Å². The second kappa shape index (κ2) is 9.23. The number of nitrogens with zero attached hydrogens (tertiary/aromatic N) is 3. The van der Waals surface area contributed by atoms with Crippen molar-refractivity contribution in [3.8, 4) is 0 Å². The molecule has 0 radical (unpaired) electrons. The molecule has 0 unspecified atom stereocenters. The topological polar surface area (TPSA) is 58.1 Å². The summed E-state index contributed by atoms with van der Waals surface area (Å²) < 4.78 is 4.54. The van der Waals surface area contributed by atoms with Crippen LogP contribution in [0.5, 0.6) is 0 Å². The summed E-state index contributed by atoms with van der Waals surface area (Å²) in [5.74, 6) is 1.77. The third kappa shape index (κ3) is 5.45. The Hall–Kier alpha value is -1.66. The smallest absolute Gasteiger partial charge is 0.226 e. The molecule has 1 aliphatic heterocycles. The van der Waals surface area contributed by atoms with Gasteiger partial charge in [-0.2, -0.15) is 4.37 Å². The van der Waals surface area contributed by atoms with Crippen LogP contribution in [0.3, 0.4) is 0 Å². The Balaban J connectivity index is 1.47. The first-order chi connectivity index (χ1) is 13.4. The minimum atomic E-state index is -0.511. The first-order valence-corrected chi connectivity index (χ1v) is 11.2. The van der Waals surface area contributed by atoms with Crippen molar-refractivity contribution in [2.24, 2.45) is 11.3 Å². The second-order valence-corrected chi connectivity index (χ2v) is 9.31. The summed E-state index contributed by atoms with van der Waals surface area (Å²) in [6.45, 7) is 8.49. The molecular formula is C21H29ClN4OS. The van der Waals surface area contributed by atoms with Crippen LogP contribution in [0.25, 0.3) is 0 Å². The van der Waals surface area contributed by atoms with Gasteiger partial charge in [-0.15, -0.1) is 11.6 Å². The number of hydrogen-bond acceptors (Lipinski definition) is 5. The summed E-state index contributed by atoms with van der Waals surface area (Å²) in [6, 6.07) is 8.53. The Bertz CT molecular complexity index is 782. The summed E-state index contributed by atoms with van der Waals surface area (Å²) in [6.07, 6.45) is 2.87. The summed E-state index contributed by atoms with van der Waals surface area (Å²) >= 11 is 7.36. The first kappa shape index (κ1) is 21.1. The molecular weight excluding hydrogens is 392 g/mol. The summed E-state index contributed by atoms with van der Waals surface area (Å²) in [7, 11) is 0. The van der Waals surface area contributed by atoms with E-state index >= 15 is 0 Å². The molecule has 1 aliphatic rings. The van der Waals surface area contributed by atoms with E-state index in [-0.39, 0.29) is 5.91 Å². The maximum atomic E-state index is 12.2. The molecule has 2 aromatic rings. The van der Waals surface area contributed by atoms with E-state index in [0.717, 1.165) is 49.9 Å². The van der Waals surface area contributed by atoms with Gasteiger partial charge >= 0.3 is 0 Å². The van der Waals surface area contributed by atoms with E-state index in [1.54, 1.807) is 0 Å². The standard InChI is InChI=1S/C21H29ClN4OS/c1-15-4-6-16(7-5-15)12-18-24-20(28-25-18)26-10-8-17(9-11-26)13-23-19(27)21(2,3)14-22/h4-7,17H,8-14H2,1-3H3,(H,23,27). The largest absolute Gasteiger partial charge is 0.355 e. The van der Waals surface area contributed by atoms with E-state index in [1.807, 2.05) is 13.8 Å². The average molecular weight is 421 g/mol. The normalized spacial score (nSPS) is 15.6. The highest BCUT2D eigenvalue weighted by atomic mass is 35.5. The van der Waals surface area contributed by atoms with Crippen LogP contribution in [0.4, 0.5) is 5.13 Å². The average Bonchev–Trinajstić information content (AvgIpc) is 3.16. The number of piperidine rings is 1. The lowest BCUT2D eigenvalue weighted by Gasteiger charge is -2.32. The van der Waals surface area contributed by atoms with Crippen molar-refractivity contribution in [1.29, 1.82) is 0 Å². The van der Waals surface area contributed by atoms with Crippen molar-refractivity contribution in [2.45, 2.75) is 40.0 Å². The van der Waals surface area contributed by atoms with Gasteiger partial charge in [-0.05, 0) is 45.1 Å². The minimum Gasteiger partial charge on any atom is -0.355 e. The van der Waals surface area contributed by atoms with Crippen molar-refractivity contribution < 1.29 is 4.79 Å². The fourth-order valence-electron chi connectivity index (χ4n) is 3.20. The molecule has 0 spiro atoms. The summed E-state index contributed by atoms with van der Waals surface area (Å²) in [5.41, 5.74) is 1.99. The van der Waals surface area contributed by atoms with Crippen molar-refractivity contribution in [3.63, 3.8) is 0 Å². The maximum Gasteiger partial charge on any atom is 0.226 e. The Morgan fingerprint density at radius 3 is 2.61 bits per heavy atom. The molecule has 1 aromatic carbocycles. The number of carbonyl (C=O) groups excluding carboxylic acids is 1. The molecule has 3 rings (SSSR count). The Morgan fingerprint density at radius 2 is 1.96 bits per heavy atom. The van der Waals surface area contributed by atoms with Crippen LogP contribution in [0.15, 0.2) is 24.3 Å². The van der Waals surface area contributed by atoms with Crippen molar-refractivity contribution in [3.05, 3.63) is 41.2 Å². The van der Waals surface area contributed by atoms with Gasteiger partial charge in [-0.25, -0.2) is 4.98 Å². The summed E-state index contributed by atoms with van der Waals surface area (Å²) in [5, 5.41) is 4.07.